The summed E-state index contributed by atoms with van der Waals surface area (Å²) < 4.78 is 25.4. The Labute approximate surface area is 136 Å². The van der Waals surface area contributed by atoms with Gasteiger partial charge in [-0.25, -0.2) is 8.42 Å². The van der Waals surface area contributed by atoms with E-state index in [1.54, 1.807) is 49.5 Å². The summed E-state index contributed by atoms with van der Waals surface area (Å²) in [5, 5.41) is 2.67. The number of nitrogens with one attached hydrogen (secondary N) is 1. The summed E-state index contributed by atoms with van der Waals surface area (Å²) in [4.78, 5) is 16.3. The summed E-state index contributed by atoms with van der Waals surface area (Å²) in [7, 11) is -3.61. The lowest BCUT2D eigenvalue weighted by atomic mass is 10.2. The van der Waals surface area contributed by atoms with Crippen molar-refractivity contribution in [2.24, 2.45) is 0 Å². The van der Waals surface area contributed by atoms with Crippen molar-refractivity contribution >= 4 is 27.3 Å². The fourth-order valence-corrected chi connectivity index (χ4v) is 3.36. The first-order chi connectivity index (χ1) is 10.8. The number of sulfonamides is 1. The molecule has 2 aromatic rings. The standard InChI is InChI=1S/C16H19N3O3S/c1-12-6-8-15(9-7-12)19(23(3,21)22)13(2)16(20)18-14-5-4-10-17-11-14/h4-11,13H,1-3H3,(H,18,20). The minimum atomic E-state index is -3.61. The van der Waals surface area contributed by atoms with Crippen molar-refractivity contribution in [2.45, 2.75) is 19.9 Å². The van der Waals surface area contributed by atoms with E-state index >= 15 is 0 Å². The van der Waals surface area contributed by atoms with E-state index in [1.165, 1.54) is 6.20 Å². The lowest BCUT2D eigenvalue weighted by molar-refractivity contribution is -0.116. The topological polar surface area (TPSA) is 79.4 Å². The molecule has 0 aliphatic carbocycles. The molecule has 0 aliphatic rings. The Kier molecular flexibility index (Phi) is 5.00. The molecule has 1 amide bonds. The molecule has 0 radical (unpaired) electrons. The fourth-order valence-electron chi connectivity index (χ4n) is 2.18. The summed E-state index contributed by atoms with van der Waals surface area (Å²) in [5.41, 5.74) is 1.98. The predicted molar refractivity (Wildman–Crippen MR) is 90.8 cm³/mol. The Balaban J connectivity index is 2.28. The molecular formula is C16H19N3O3S. The second-order valence-electron chi connectivity index (χ2n) is 5.30. The molecule has 0 bridgehead atoms. The van der Waals surface area contributed by atoms with Gasteiger partial charge >= 0.3 is 0 Å². The van der Waals surface area contributed by atoms with E-state index in [1.807, 2.05) is 6.92 Å². The molecule has 1 unspecified atom stereocenters. The molecule has 7 heteroatoms. The number of benzene rings is 1. The SMILES string of the molecule is Cc1ccc(N(C(C)C(=O)Nc2cccnc2)S(C)(=O)=O)cc1. The van der Waals surface area contributed by atoms with Crippen LogP contribution in [0.3, 0.4) is 0 Å². The second-order valence-corrected chi connectivity index (χ2v) is 7.16. The first-order valence-corrected chi connectivity index (χ1v) is 8.91. The number of hydrogen-bond acceptors (Lipinski definition) is 4. The van der Waals surface area contributed by atoms with E-state index in [0.29, 0.717) is 11.4 Å². The molecule has 1 heterocycles. The average Bonchev–Trinajstić information content (AvgIpc) is 2.49. The predicted octanol–water partition coefficient (Wildman–Crippen LogP) is 2.18. The number of hydrogen-bond donors (Lipinski definition) is 1. The van der Waals surface area contributed by atoms with Crippen LogP contribution in [-0.4, -0.2) is 31.6 Å². The summed E-state index contributed by atoms with van der Waals surface area (Å²) in [6, 6.07) is 9.46. The van der Waals surface area contributed by atoms with Crippen molar-refractivity contribution in [3.8, 4) is 0 Å². The smallest absolute Gasteiger partial charge is 0.248 e. The van der Waals surface area contributed by atoms with Gasteiger partial charge < -0.3 is 5.32 Å². The maximum absolute atomic E-state index is 12.4. The van der Waals surface area contributed by atoms with Crippen molar-refractivity contribution in [3.63, 3.8) is 0 Å². The fraction of sp³-hybridized carbons (Fsp3) is 0.250. The monoisotopic (exact) mass is 333 g/mol. The van der Waals surface area contributed by atoms with E-state index < -0.39 is 22.0 Å². The van der Waals surface area contributed by atoms with Crippen LogP contribution in [0.2, 0.25) is 0 Å². The van der Waals surface area contributed by atoms with Gasteiger partial charge in [0.2, 0.25) is 15.9 Å². The number of aryl methyl sites for hydroxylation is 1. The highest BCUT2D eigenvalue weighted by atomic mass is 32.2. The maximum Gasteiger partial charge on any atom is 0.248 e. The minimum absolute atomic E-state index is 0.427. The van der Waals surface area contributed by atoms with Gasteiger partial charge in [-0.2, -0.15) is 0 Å². The van der Waals surface area contributed by atoms with Crippen LogP contribution in [-0.2, 0) is 14.8 Å². The molecular weight excluding hydrogens is 314 g/mol. The van der Waals surface area contributed by atoms with Crippen LogP contribution in [0.1, 0.15) is 12.5 Å². The quantitative estimate of drug-likeness (QED) is 0.909. The van der Waals surface area contributed by atoms with Gasteiger partial charge in [-0.3, -0.25) is 14.1 Å². The van der Waals surface area contributed by atoms with E-state index in [0.717, 1.165) is 16.1 Å². The van der Waals surface area contributed by atoms with Crippen LogP contribution in [0.15, 0.2) is 48.8 Å². The average molecular weight is 333 g/mol. The Hall–Kier alpha value is -2.41. The Morgan fingerprint density at radius 1 is 1.22 bits per heavy atom. The van der Waals surface area contributed by atoms with E-state index in [2.05, 4.69) is 10.3 Å². The van der Waals surface area contributed by atoms with Crippen LogP contribution >= 0.6 is 0 Å². The normalized spacial score (nSPS) is 12.5. The van der Waals surface area contributed by atoms with Crippen molar-refractivity contribution in [1.29, 1.82) is 0 Å². The van der Waals surface area contributed by atoms with E-state index in [-0.39, 0.29) is 0 Å². The lowest BCUT2D eigenvalue weighted by Gasteiger charge is -2.28. The highest BCUT2D eigenvalue weighted by Gasteiger charge is 2.29. The largest absolute Gasteiger partial charge is 0.323 e. The van der Waals surface area contributed by atoms with Crippen molar-refractivity contribution < 1.29 is 13.2 Å². The molecule has 23 heavy (non-hydrogen) atoms. The van der Waals surface area contributed by atoms with Gasteiger partial charge in [0.25, 0.3) is 0 Å². The molecule has 6 nitrogen and oxygen atoms in total. The lowest BCUT2D eigenvalue weighted by Crippen LogP contribution is -2.45. The third-order valence-corrected chi connectivity index (χ3v) is 4.55. The van der Waals surface area contributed by atoms with Crippen molar-refractivity contribution in [1.82, 2.24) is 4.98 Å². The van der Waals surface area contributed by atoms with E-state index in [9.17, 15) is 13.2 Å². The second kappa shape index (κ2) is 6.78. The zero-order valence-electron chi connectivity index (χ0n) is 13.2. The molecule has 2 rings (SSSR count). The summed E-state index contributed by atoms with van der Waals surface area (Å²) >= 11 is 0. The van der Waals surface area contributed by atoms with Gasteiger partial charge in [0.1, 0.15) is 6.04 Å². The number of nitrogens with zero attached hydrogens (tertiary/aromatic N) is 2. The van der Waals surface area contributed by atoms with Crippen LogP contribution in [0.5, 0.6) is 0 Å². The molecule has 1 aromatic heterocycles. The van der Waals surface area contributed by atoms with Gasteiger partial charge in [0.05, 0.1) is 23.8 Å². The first kappa shape index (κ1) is 17.0. The van der Waals surface area contributed by atoms with Crippen LogP contribution in [0.25, 0.3) is 0 Å². The number of carbonyl (C=O) groups excluding carboxylic acids is 1. The summed E-state index contributed by atoms with van der Waals surface area (Å²) in [6.07, 6.45) is 4.18. The molecule has 0 spiro atoms. The van der Waals surface area contributed by atoms with Gasteiger partial charge in [0, 0.05) is 6.20 Å². The number of aromatic nitrogens is 1. The van der Waals surface area contributed by atoms with Gasteiger partial charge in [0.15, 0.2) is 0 Å². The molecule has 0 fully saturated rings. The van der Waals surface area contributed by atoms with Gasteiger partial charge in [-0.05, 0) is 38.1 Å². The zero-order valence-corrected chi connectivity index (χ0v) is 14.0. The molecule has 0 saturated heterocycles. The van der Waals surface area contributed by atoms with Gasteiger partial charge in [-0.15, -0.1) is 0 Å². The molecule has 1 N–H and O–H groups in total. The maximum atomic E-state index is 12.4. The molecule has 1 atom stereocenters. The Morgan fingerprint density at radius 3 is 2.39 bits per heavy atom. The third kappa shape index (κ3) is 4.29. The zero-order chi connectivity index (χ0) is 17.0. The van der Waals surface area contributed by atoms with Crippen molar-refractivity contribution in [2.75, 3.05) is 15.9 Å². The van der Waals surface area contributed by atoms with E-state index in [4.69, 9.17) is 0 Å². The number of pyridine rings is 1. The number of anilines is 2. The Morgan fingerprint density at radius 2 is 1.87 bits per heavy atom. The van der Waals surface area contributed by atoms with Crippen LogP contribution in [0, 0.1) is 6.92 Å². The highest BCUT2D eigenvalue weighted by Crippen LogP contribution is 2.22. The van der Waals surface area contributed by atoms with Crippen LogP contribution < -0.4 is 9.62 Å². The molecule has 1 aromatic carbocycles. The Bertz CT molecular complexity index is 774. The van der Waals surface area contributed by atoms with Gasteiger partial charge in [-0.1, -0.05) is 17.7 Å². The number of rotatable bonds is 5. The van der Waals surface area contributed by atoms with Crippen LogP contribution in [0.4, 0.5) is 11.4 Å². The molecule has 0 saturated carbocycles. The molecule has 0 aliphatic heterocycles. The number of amides is 1. The van der Waals surface area contributed by atoms with Crippen molar-refractivity contribution in [3.05, 3.63) is 54.4 Å². The summed E-state index contributed by atoms with van der Waals surface area (Å²) in [5.74, 6) is -0.427. The summed E-state index contributed by atoms with van der Waals surface area (Å²) in [6.45, 7) is 3.46. The highest BCUT2D eigenvalue weighted by molar-refractivity contribution is 7.92. The molecule has 122 valence electrons. The third-order valence-electron chi connectivity index (χ3n) is 3.31. The number of carbonyl (C=O) groups is 1. The minimum Gasteiger partial charge on any atom is -0.323 e. The first-order valence-electron chi connectivity index (χ1n) is 7.06.